The van der Waals surface area contributed by atoms with Gasteiger partial charge in [0, 0.05) is 5.70 Å². The number of rotatable bonds is 9. The summed E-state index contributed by atoms with van der Waals surface area (Å²) in [6.07, 6.45) is 2.04. The molecule has 0 spiro atoms. The van der Waals surface area contributed by atoms with Crippen LogP contribution < -0.4 is 20.1 Å². The molecule has 0 saturated carbocycles. The summed E-state index contributed by atoms with van der Waals surface area (Å²) in [6, 6.07) is 5.27. The molecule has 0 saturated heterocycles. The lowest BCUT2D eigenvalue weighted by atomic mass is 9.95. The van der Waals surface area contributed by atoms with E-state index in [1.165, 1.54) is 0 Å². The molecule has 0 radical (unpaired) electrons. The van der Waals surface area contributed by atoms with Crippen LogP contribution in [0.5, 0.6) is 11.5 Å². The first-order valence-corrected chi connectivity index (χ1v) is 9.77. The zero-order valence-electron chi connectivity index (χ0n) is 16.4. The van der Waals surface area contributed by atoms with Gasteiger partial charge in [-0.05, 0) is 57.1 Å². The van der Waals surface area contributed by atoms with Gasteiger partial charge in [-0.2, -0.15) is 0 Å². The Bertz CT molecular complexity index is 718. The molecule has 27 heavy (non-hydrogen) atoms. The molecule has 1 aromatic rings. The van der Waals surface area contributed by atoms with E-state index in [0.29, 0.717) is 47.7 Å². The maximum atomic E-state index is 12.5. The van der Waals surface area contributed by atoms with Crippen LogP contribution in [0.15, 0.2) is 29.5 Å². The maximum absolute atomic E-state index is 12.5. The van der Waals surface area contributed by atoms with Gasteiger partial charge in [0.05, 0.1) is 31.4 Å². The predicted molar refractivity (Wildman–Crippen MR) is 109 cm³/mol. The summed E-state index contributed by atoms with van der Waals surface area (Å²) >= 11 is 5.28. The Morgan fingerprint density at radius 2 is 1.93 bits per heavy atom. The summed E-state index contributed by atoms with van der Waals surface area (Å²) in [6.45, 7) is 9.11. The highest BCUT2D eigenvalue weighted by Crippen LogP contribution is 2.35. The number of esters is 1. The van der Waals surface area contributed by atoms with Crippen LogP contribution in [0.1, 0.15) is 52.1 Å². The lowest BCUT2D eigenvalue weighted by molar-refractivity contribution is -0.139. The van der Waals surface area contributed by atoms with Crippen LogP contribution in [0.25, 0.3) is 0 Å². The molecule has 1 aliphatic heterocycles. The van der Waals surface area contributed by atoms with Gasteiger partial charge in [0.15, 0.2) is 16.6 Å². The van der Waals surface area contributed by atoms with Gasteiger partial charge in [-0.25, -0.2) is 4.79 Å². The van der Waals surface area contributed by atoms with Crippen molar-refractivity contribution in [1.29, 1.82) is 0 Å². The minimum Gasteiger partial charge on any atom is -0.490 e. The van der Waals surface area contributed by atoms with E-state index < -0.39 is 6.04 Å². The van der Waals surface area contributed by atoms with Crippen LogP contribution in [-0.4, -0.2) is 30.9 Å². The Kier molecular flexibility index (Phi) is 7.91. The van der Waals surface area contributed by atoms with Gasteiger partial charge in [-0.3, -0.25) is 0 Å². The number of nitrogens with one attached hydrogen (secondary N) is 2. The van der Waals surface area contributed by atoms with Gasteiger partial charge in [-0.1, -0.05) is 19.4 Å². The molecule has 0 unspecified atom stereocenters. The minimum atomic E-state index is -0.415. The minimum absolute atomic E-state index is 0.307. The summed E-state index contributed by atoms with van der Waals surface area (Å²) in [4.78, 5) is 12.5. The number of thiocarbonyl (C=S) groups is 1. The van der Waals surface area contributed by atoms with Crippen molar-refractivity contribution in [1.82, 2.24) is 10.6 Å². The van der Waals surface area contributed by atoms with E-state index in [2.05, 4.69) is 17.6 Å². The van der Waals surface area contributed by atoms with Crippen LogP contribution in [0.3, 0.4) is 0 Å². The molecule has 148 valence electrons. The van der Waals surface area contributed by atoms with Crippen LogP contribution in [0.4, 0.5) is 0 Å². The molecule has 0 aromatic heterocycles. The van der Waals surface area contributed by atoms with Gasteiger partial charge >= 0.3 is 5.97 Å². The quantitative estimate of drug-likeness (QED) is 0.378. The molecule has 2 N–H and O–H groups in total. The van der Waals surface area contributed by atoms with Crippen molar-refractivity contribution in [3.8, 4) is 11.5 Å². The number of carbonyl (C=O) groups excluding carboxylic acids is 1. The number of ether oxygens (including phenoxy) is 3. The number of hydrogen-bond donors (Lipinski definition) is 2. The van der Waals surface area contributed by atoms with Crippen LogP contribution in [0, 0.1) is 0 Å². The number of hydrogen-bond acceptors (Lipinski definition) is 5. The molecule has 7 heteroatoms. The first-order chi connectivity index (χ1) is 13.0. The van der Waals surface area contributed by atoms with Gasteiger partial charge in [0.25, 0.3) is 0 Å². The molecule has 0 fully saturated rings. The van der Waals surface area contributed by atoms with Crippen molar-refractivity contribution in [3.05, 3.63) is 35.0 Å². The molecule has 2 rings (SSSR count). The average molecular weight is 393 g/mol. The third-order valence-electron chi connectivity index (χ3n) is 4.12. The third-order valence-corrected chi connectivity index (χ3v) is 4.34. The fourth-order valence-corrected chi connectivity index (χ4v) is 3.11. The topological polar surface area (TPSA) is 68.8 Å². The van der Waals surface area contributed by atoms with Crippen LogP contribution in [0.2, 0.25) is 0 Å². The molecule has 6 nitrogen and oxygen atoms in total. The second kappa shape index (κ2) is 10.2. The van der Waals surface area contributed by atoms with Crippen molar-refractivity contribution < 1.29 is 19.0 Å². The first kappa shape index (κ1) is 21.0. The fraction of sp³-hybridized carbons (Fsp3) is 0.500. The normalized spacial score (nSPS) is 16.4. The summed E-state index contributed by atoms with van der Waals surface area (Å²) in [7, 11) is 0. The zero-order valence-corrected chi connectivity index (χ0v) is 17.2. The Morgan fingerprint density at radius 3 is 2.59 bits per heavy atom. The van der Waals surface area contributed by atoms with Crippen LogP contribution in [-0.2, 0) is 9.53 Å². The van der Waals surface area contributed by atoms with Gasteiger partial charge in [0.2, 0.25) is 0 Å². The standard InChI is InChI=1S/C20H28N2O4S/c1-5-8-11-26-15-10-9-14(12-16(15)24-6-2)18-17(19(23)25-7-3)13(4)21-20(27)22-18/h9-10,12,18H,5-8,11H2,1-4H3,(H2,21,22,27)/t18-/m0/s1. The van der Waals surface area contributed by atoms with E-state index in [1.54, 1.807) is 6.92 Å². The van der Waals surface area contributed by atoms with Crippen molar-refractivity contribution >= 4 is 23.3 Å². The number of allylic oxidation sites excluding steroid dienone is 1. The lowest BCUT2D eigenvalue weighted by Gasteiger charge is -2.30. The molecule has 1 atom stereocenters. The monoisotopic (exact) mass is 392 g/mol. The Labute approximate surface area is 166 Å². The highest BCUT2D eigenvalue weighted by atomic mass is 32.1. The van der Waals surface area contributed by atoms with Crippen molar-refractivity contribution in [2.45, 2.75) is 46.6 Å². The van der Waals surface area contributed by atoms with Gasteiger partial charge < -0.3 is 24.8 Å². The summed E-state index contributed by atoms with van der Waals surface area (Å²) in [5, 5.41) is 6.62. The second-order valence-electron chi connectivity index (χ2n) is 6.13. The molecule has 1 aromatic carbocycles. The van der Waals surface area contributed by atoms with E-state index in [0.717, 1.165) is 18.4 Å². The molecule has 0 amide bonds. The number of carbonyl (C=O) groups is 1. The molecule has 1 aliphatic rings. The Hall–Kier alpha value is -2.28. The van der Waals surface area contributed by atoms with Gasteiger partial charge in [0.1, 0.15) is 0 Å². The molecular weight excluding hydrogens is 364 g/mol. The zero-order chi connectivity index (χ0) is 19.8. The van der Waals surface area contributed by atoms with E-state index in [4.69, 9.17) is 26.4 Å². The van der Waals surface area contributed by atoms with Crippen molar-refractivity contribution in [3.63, 3.8) is 0 Å². The number of benzene rings is 1. The van der Waals surface area contributed by atoms with E-state index >= 15 is 0 Å². The SMILES string of the molecule is CCCCOc1ccc([C@@H]2NC(=S)NC(C)=C2C(=O)OCC)cc1OCC. The second-order valence-corrected chi connectivity index (χ2v) is 6.54. The lowest BCUT2D eigenvalue weighted by Crippen LogP contribution is -2.45. The fourth-order valence-electron chi connectivity index (χ4n) is 2.84. The highest BCUT2D eigenvalue weighted by Gasteiger charge is 2.31. The smallest absolute Gasteiger partial charge is 0.338 e. The number of unbranched alkanes of at least 4 members (excludes halogenated alkanes) is 1. The van der Waals surface area contributed by atoms with E-state index in [1.807, 2.05) is 32.0 Å². The van der Waals surface area contributed by atoms with E-state index in [9.17, 15) is 4.79 Å². The Morgan fingerprint density at radius 1 is 1.15 bits per heavy atom. The third kappa shape index (κ3) is 5.35. The Balaban J connectivity index is 2.38. The molecular formula is C20H28N2O4S. The largest absolute Gasteiger partial charge is 0.490 e. The molecule has 1 heterocycles. The van der Waals surface area contributed by atoms with Crippen molar-refractivity contribution in [2.75, 3.05) is 19.8 Å². The summed E-state index contributed by atoms with van der Waals surface area (Å²) < 4.78 is 16.8. The van der Waals surface area contributed by atoms with Crippen LogP contribution >= 0.6 is 12.2 Å². The van der Waals surface area contributed by atoms with E-state index in [-0.39, 0.29) is 5.97 Å². The first-order valence-electron chi connectivity index (χ1n) is 9.36. The predicted octanol–water partition coefficient (Wildman–Crippen LogP) is 3.62. The summed E-state index contributed by atoms with van der Waals surface area (Å²) in [5.74, 6) is 0.978. The molecule has 0 bridgehead atoms. The summed E-state index contributed by atoms with van der Waals surface area (Å²) in [5.41, 5.74) is 2.04. The maximum Gasteiger partial charge on any atom is 0.338 e. The average Bonchev–Trinajstić information content (AvgIpc) is 2.62. The van der Waals surface area contributed by atoms with Crippen molar-refractivity contribution in [2.24, 2.45) is 0 Å². The highest BCUT2D eigenvalue weighted by molar-refractivity contribution is 7.80. The van der Waals surface area contributed by atoms with Gasteiger partial charge in [-0.15, -0.1) is 0 Å². The molecule has 0 aliphatic carbocycles.